The maximum absolute atomic E-state index is 5.37. The van der Waals surface area contributed by atoms with E-state index in [0.717, 1.165) is 17.7 Å². The van der Waals surface area contributed by atoms with E-state index >= 15 is 0 Å². The molecule has 0 saturated carbocycles. The number of fused-ring (bicyclic) bond motifs is 1. The van der Waals surface area contributed by atoms with E-state index < -0.39 is 0 Å². The van der Waals surface area contributed by atoms with Crippen molar-refractivity contribution < 1.29 is 14.2 Å². The molecule has 128 valence electrons. The smallest absolute Gasteiger partial charge is 0.203 e. The summed E-state index contributed by atoms with van der Waals surface area (Å²) >= 11 is 0. The number of methoxy groups -OCH3 is 3. The van der Waals surface area contributed by atoms with Gasteiger partial charge in [-0.25, -0.2) is 0 Å². The Morgan fingerprint density at radius 3 is 2.12 bits per heavy atom. The molecule has 1 heterocycles. The molecule has 4 heteroatoms. The van der Waals surface area contributed by atoms with Crippen molar-refractivity contribution in [3.05, 3.63) is 53.7 Å². The molecular formula is C21H21NO3. The molecule has 0 aliphatic heterocycles. The molecule has 1 aromatic heterocycles. The topological polar surface area (TPSA) is 32.6 Å². The summed E-state index contributed by atoms with van der Waals surface area (Å²) in [4.78, 5) is 0. The van der Waals surface area contributed by atoms with Crippen LogP contribution >= 0.6 is 0 Å². The van der Waals surface area contributed by atoms with E-state index in [4.69, 9.17) is 14.2 Å². The Hall–Kier alpha value is -3.06. The van der Waals surface area contributed by atoms with Crippen molar-refractivity contribution >= 4 is 10.9 Å². The Kier molecular flexibility index (Phi) is 4.85. The number of ether oxygens (including phenoxy) is 3. The van der Waals surface area contributed by atoms with Crippen molar-refractivity contribution in [1.29, 1.82) is 0 Å². The molecule has 3 rings (SSSR count). The van der Waals surface area contributed by atoms with Gasteiger partial charge in [0.05, 0.1) is 21.3 Å². The van der Waals surface area contributed by atoms with Gasteiger partial charge in [0.15, 0.2) is 11.5 Å². The molecule has 0 atom stereocenters. The van der Waals surface area contributed by atoms with Gasteiger partial charge in [-0.05, 0) is 43.3 Å². The fourth-order valence-corrected chi connectivity index (χ4v) is 2.85. The highest BCUT2D eigenvalue weighted by atomic mass is 16.5. The minimum Gasteiger partial charge on any atom is -0.493 e. The first-order valence-corrected chi connectivity index (χ1v) is 8.11. The van der Waals surface area contributed by atoms with Crippen LogP contribution in [0, 0.1) is 11.8 Å². The van der Waals surface area contributed by atoms with Gasteiger partial charge in [0.2, 0.25) is 5.75 Å². The maximum atomic E-state index is 5.37. The highest BCUT2D eigenvalue weighted by Crippen LogP contribution is 2.37. The van der Waals surface area contributed by atoms with Gasteiger partial charge in [-0.3, -0.25) is 0 Å². The molecule has 2 aromatic carbocycles. The summed E-state index contributed by atoms with van der Waals surface area (Å²) in [7, 11) is 4.78. The fourth-order valence-electron chi connectivity index (χ4n) is 2.85. The molecule has 0 N–H and O–H groups in total. The predicted molar refractivity (Wildman–Crippen MR) is 99.7 cm³/mol. The molecule has 0 unspecified atom stereocenters. The van der Waals surface area contributed by atoms with Gasteiger partial charge in [-0.15, -0.1) is 0 Å². The number of rotatable bonds is 4. The van der Waals surface area contributed by atoms with Crippen molar-refractivity contribution in [1.82, 2.24) is 4.57 Å². The van der Waals surface area contributed by atoms with Crippen LogP contribution in [0.25, 0.3) is 10.9 Å². The maximum Gasteiger partial charge on any atom is 0.203 e. The monoisotopic (exact) mass is 335 g/mol. The van der Waals surface area contributed by atoms with E-state index in [9.17, 15) is 0 Å². The largest absolute Gasteiger partial charge is 0.493 e. The molecule has 0 radical (unpaired) electrons. The van der Waals surface area contributed by atoms with Crippen LogP contribution < -0.4 is 14.2 Å². The summed E-state index contributed by atoms with van der Waals surface area (Å²) in [5.74, 6) is 8.15. The van der Waals surface area contributed by atoms with Crippen LogP contribution in [0.1, 0.15) is 18.1 Å². The third kappa shape index (κ3) is 3.27. The quantitative estimate of drug-likeness (QED) is 0.673. The molecule has 0 aliphatic carbocycles. The third-order valence-electron chi connectivity index (χ3n) is 4.13. The van der Waals surface area contributed by atoms with Crippen LogP contribution in [-0.2, 0) is 6.54 Å². The van der Waals surface area contributed by atoms with E-state index in [1.165, 1.54) is 10.9 Å². The molecule has 0 aliphatic rings. The SMILES string of the molecule is CCn1ccc2cc(C#Cc3cc(OC)c(OC)c(OC)c3)ccc21. The average molecular weight is 335 g/mol. The second-order valence-electron chi connectivity index (χ2n) is 5.54. The first kappa shape index (κ1) is 16.8. The van der Waals surface area contributed by atoms with Crippen molar-refractivity contribution in [3.63, 3.8) is 0 Å². The number of aromatic nitrogens is 1. The molecule has 0 saturated heterocycles. The standard InChI is InChI=1S/C21H21NO3/c1-5-22-11-10-17-12-15(8-9-18(17)22)6-7-16-13-19(23-2)21(25-4)20(14-16)24-3/h8-14H,5H2,1-4H3. The number of hydrogen-bond acceptors (Lipinski definition) is 3. The molecule has 0 fully saturated rings. The Labute approximate surface area is 147 Å². The van der Waals surface area contributed by atoms with Gasteiger partial charge >= 0.3 is 0 Å². The minimum atomic E-state index is 0.567. The Bertz CT molecular complexity index is 935. The summed E-state index contributed by atoms with van der Waals surface area (Å²) in [6.07, 6.45) is 2.10. The lowest BCUT2D eigenvalue weighted by Gasteiger charge is -2.12. The number of hydrogen-bond donors (Lipinski definition) is 0. The number of nitrogens with zero attached hydrogens (tertiary/aromatic N) is 1. The molecule has 3 aromatic rings. The van der Waals surface area contributed by atoms with Crippen LogP contribution in [-0.4, -0.2) is 25.9 Å². The van der Waals surface area contributed by atoms with E-state index in [0.29, 0.717) is 17.2 Å². The van der Waals surface area contributed by atoms with E-state index in [1.54, 1.807) is 21.3 Å². The van der Waals surface area contributed by atoms with Gasteiger partial charge < -0.3 is 18.8 Å². The van der Waals surface area contributed by atoms with Crippen LogP contribution in [0.5, 0.6) is 17.2 Å². The van der Waals surface area contributed by atoms with E-state index in [-0.39, 0.29) is 0 Å². The Morgan fingerprint density at radius 1 is 0.840 bits per heavy atom. The fraction of sp³-hybridized carbons (Fsp3) is 0.238. The lowest BCUT2D eigenvalue weighted by molar-refractivity contribution is 0.324. The zero-order valence-corrected chi connectivity index (χ0v) is 14.9. The second-order valence-corrected chi connectivity index (χ2v) is 5.54. The first-order chi connectivity index (χ1) is 12.2. The molecule has 0 amide bonds. The van der Waals surface area contributed by atoms with Crippen LogP contribution in [0.2, 0.25) is 0 Å². The van der Waals surface area contributed by atoms with Gasteiger partial charge in [-0.2, -0.15) is 0 Å². The highest BCUT2D eigenvalue weighted by Gasteiger charge is 2.12. The van der Waals surface area contributed by atoms with Gasteiger partial charge in [0, 0.05) is 34.8 Å². The predicted octanol–water partition coefficient (Wildman–Crippen LogP) is 4.09. The molecule has 0 spiro atoms. The summed E-state index contributed by atoms with van der Waals surface area (Å²) in [5, 5.41) is 1.19. The molecule has 25 heavy (non-hydrogen) atoms. The third-order valence-corrected chi connectivity index (χ3v) is 4.13. The van der Waals surface area contributed by atoms with E-state index in [1.807, 2.05) is 18.2 Å². The average Bonchev–Trinajstić information content (AvgIpc) is 3.07. The van der Waals surface area contributed by atoms with Crippen LogP contribution in [0.3, 0.4) is 0 Å². The van der Waals surface area contributed by atoms with Gasteiger partial charge in [0.25, 0.3) is 0 Å². The molecule has 0 bridgehead atoms. The normalized spacial score (nSPS) is 10.2. The second kappa shape index (κ2) is 7.23. The lowest BCUT2D eigenvalue weighted by Crippen LogP contribution is -1.95. The number of aryl methyl sites for hydroxylation is 1. The molecule has 4 nitrogen and oxygen atoms in total. The summed E-state index contributed by atoms with van der Waals surface area (Å²) in [6, 6.07) is 12.1. The Balaban J connectivity index is 1.98. The van der Waals surface area contributed by atoms with Crippen molar-refractivity contribution in [2.45, 2.75) is 13.5 Å². The Morgan fingerprint density at radius 2 is 1.52 bits per heavy atom. The van der Waals surface area contributed by atoms with Gasteiger partial charge in [0.1, 0.15) is 0 Å². The van der Waals surface area contributed by atoms with Crippen molar-refractivity contribution in [3.8, 4) is 29.1 Å². The zero-order valence-electron chi connectivity index (χ0n) is 14.9. The van der Waals surface area contributed by atoms with E-state index in [2.05, 4.69) is 47.7 Å². The highest BCUT2D eigenvalue weighted by molar-refractivity contribution is 5.81. The van der Waals surface area contributed by atoms with Crippen molar-refractivity contribution in [2.24, 2.45) is 0 Å². The van der Waals surface area contributed by atoms with Crippen LogP contribution in [0.15, 0.2) is 42.6 Å². The number of benzene rings is 2. The van der Waals surface area contributed by atoms with Crippen molar-refractivity contribution in [2.75, 3.05) is 21.3 Å². The summed E-state index contributed by atoms with van der Waals surface area (Å²) in [6.45, 7) is 3.09. The molecular weight excluding hydrogens is 314 g/mol. The van der Waals surface area contributed by atoms with Crippen LogP contribution in [0.4, 0.5) is 0 Å². The zero-order chi connectivity index (χ0) is 17.8. The van der Waals surface area contributed by atoms with Gasteiger partial charge in [-0.1, -0.05) is 11.8 Å². The minimum absolute atomic E-state index is 0.567. The summed E-state index contributed by atoms with van der Waals surface area (Å²) in [5.41, 5.74) is 3.00. The lowest BCUT2D eigenvalue weighted by atomic mass is 10.1. The first-order valence-electron chi connectivity index (χ1n) is 8.11. The summed E-state index contributed by atoms with van der Waals surface area (Å²) < 4.78 is 18.3.